The molecule has 3 N–H and O–H groups in total. The first-order valence-electron chi connectivity index (χ1n) is 7.88. The molecule has 0 radical (unpaired) electrons. The summed E-state index contributed by atoms with van der Waals surface area (Å²) < 4.78 is 0. The zero-order chi connectivity index (χ0) is 15.1. The molecule has 0 saturated heterocycles. The first-order valence-corrected chi connectivity index (χ1v) is 7.88. The van der Waals surface area contributed by atoms with Crippen molar-refractivity contribution in [2.24, 2.45) is 11.7 Å². The van der Waals surface area contributed by atoms with Crippen LogP contribution in [0.5, 0.6) is 0 Å². The Balaban J connectivity index is 0.00000242. The topological polar surface area (TPSA) is 52.7 Å². The van der Waals surface area contributed by atoms with Crippen LogP contribution in [0, 0.1) is 5.92 Å². The molecule has 22 heavy (non-hydrogen) atoms. The predicted octanol–water partition coefficient (Wildman–Crippen LogP) is 2.94. The van der Waals surface area contributed by atoms with Crippen LogP contribution in [0.25, 0.3) is 0 Å². The van der Waals surface area contributed by atoms with Gasteiger partial charge in [0, 0.05) is 24.6 Å². The van der Waals surface area contributed by atoms with Crippen LogP contribution in [0.1, 0.15) is 26.2 Å². The highest BCUT2D eigenvalue weighted by Gasteiger charge is 2.26. The third kappa shape index (κ3) is 4.73. The SMILES string of the molecule is Br.CCCC(CN)CCN1C=CN(c2ccccc2)C1CO. The van der Waals surface area contributed by atoms with Gasteiger partial charge in [-0.2, -0.15) is 0 Å². The van der Waals surface area contributed by atoms with Crippen LogP contribution in [-0.4, -0.2) is 35.9 Å². The Labute approximate surface area is 144 Å². The van der Waals surface area contributed by atoms with Gasteiger partial charge in [0.1, 0.15) is 6.17 Å². The maximum Gasteiger partial charge on any atom is 0.129 e. The Morgan fingerprint density at radius 1 is 1.18 bits per heavy atom. The van der Waals surface area contributed by atoms with Crippen LogP contribution in [0.4, 0.5) is 5.69 Å². The number of halogens is 1. The van der Waals surface area contributed by atoms with Crippen molar-refractivity contribution in [3.63, 3.8) is 0 Å². The number of hydrogen-bond donors (Lipinski definition) is 2. The van der Waals surface area contributed by atoms with Crippen LogP contribution in [0.2, 0.25) is 0 Å². The molecule has 1 aromatic rings. The Morgan fingerprint density at radius 3 is 2.50 bits per heavy atom. The summed E-state index contributed by atoms with van der Waals surface area (Å²) in [5.41, 5.74) is 6.94. The quantitative estimate of drug-likeness (QED) is 0.739. The number of aliphatic hydroxyl groups excluding tert-OH is 1. The van der Waals surface area contributed by atoms with Gasteiger partial charge in [-0.15, -0.1) is 17.0 Å². The average molecular weight is 370 g/mol. The van der Waals surface area contributed by atoms with Crippen molar-refractivity contribution in [1.29, 1.82) is 0 Å². The third-order valence-corrected chi connectivity index (χ3v) is 4.17. The van der Waals surface area contributed by atoms with Crippen molar-refractivity contribution in [3.05, 3.63) is 42.7 Å². The maximum atomic E-state index is 9.75. The zero-order valence-electron chi connectivity index (χ0n) is 13.3. The Hall–Kier alpha value is -1.04. The molecule has 1 heterocycles. The molecule has 2 unspecified atom stereocenters. The lowest BCUT2D eigenvalue weighted by Gasteiger charge is -2.32. The van der Waals surface area contributed by atoms with Gasteiger partial charge in [-0.1, -0.05) is 31.5 Å². The minimum absolute atomic E-state index is 0. The Bertz CT molecular complexity index is 441. The van der Waals surface area contributed by atoms with E-state index >= 15 is 0 Å². The number of nitrogens with zero attached hydrogens (tertiary/aromatic N) is 2. The number of rotatable bonds is 8. The fraction of sp³-hybridized carbons (Fsp3) is 0.529. The van der Waals surface area contributed by atoms with Gasteiger partial charge in [0.25, 0.3) is 0 Å². The summed E-state index contributed by atoms with van der Waals surface area (Å²) in [4.78, 5) is 4.34. The van der Waals surface area contributed by atoms with E-state index in [0.717, 1.165) is 25.2 Å². The molecule has 0 aliphatic carbocycles. The monoisotopic (exact) mass is 369 g/mol. The zero-order valence-corrected chi connectivity index (χ0v) is 15.0. The largest absolute Gasteiger partial charge is 0.392 e. The van der Waals surface area contributed by atoms with E-state index in [-0.39, 0.29) is 29.8 Å². The van der Waals surface area contributed by atoms with Gasteiger partial charge in [-0.05, 0) is 37.4 Å². The summed E-state index contributed by atoms with van der Waals surface area (Å²) in [5, 5.41) is 9.75. The summed E-state index contributed by atoms with van der Waals surface area (Å²) >= 11 is 0. The van der Waals surface area contributed by atoms with E-state index in [9.17, 15) is 5.11 Å². The van der Waals surface area contributed by atoms with Gasteiger partial charge in [-0.3, -0.25) is 0 Å². The molecule has 0 fully saturated rings. The van der Waals surface area contributed by atoms with Crippen molar-refractivity contribution in [3.8, 4) is 0 Å². The Kier molecular flexibility index (Phi) is 8.53. The van der Waals surface area contributed by atoms with Gasteiger partial charge < -0.3 is 20.6 Å². The van der Waals surface area contributed by atoms with Crippen molar-refractivity contribution in [2.75, 3.05) is 24.6 Å². The number of aliphatic hydroxyl groups is 1. The number of hydrogen-bond acceptors (Lipinski definition) is 4. The highest BCUT2D eigenvalue weighted by molar-refractivity contribution is 8.93. The lowest BCUT2D eigenvalue weighted by Crippen LogP contribution is -2.42. The van der Waals surface area contributed by atoms with Gasteiger partial charge >= 0.3 is 0 Å². The number of anilines is 1. The first-order chi connectivity index (χ1) is 10.3. The fourth-order valence-electron chi connectivity index (χ4n) is 2.91. The fourth-order valence-corrected chi connectivity index (χ4v) is 2.91. The second-order valence-electron chi connectivity index (χ2n) is 5.62. The highest BCUT2D eigenvalue weighted by atomic mass is 79.9. The molecular weight excluding hydrogens is 342 g/mol. The van der Waals surface area contributed by atoms with Crippen molar-refractivity contribution in [2.45, 2.75) is 32.4 Å². The molecule has 0 spiro atoms. The van der Waals surface area contributed by atoms with Crippen LogP contribution in [-0.2, 0) is 0 Å². The second kappa shape index (κ2) is 9.87. The third-order valence-electron chi connectivity index (χ3n) is 4.17. The molecule has 0 aromatic heterocycles. The summed E-state index contributed by atoms with van der Waals surface area (Å²) in [6, 6.07) is 10.2. The van der Waals surface area contributed by atoms with E-state index in [0.29, 0.717) is 5.92 Å². The summed E-state index contributed by atoms with van der Waals surface area (Å²) in [5.74, 6) is 0.577. The van der Waals surface area contributed by atoms with Crippen molar-refractivity contribution < 1.29 is 5.11 Å². The van der Waals surface area contributed by atoms with Crippen molar-refractivity contribution >= 4 is 22.7 Å². The summed E-state index contributed by atoms with van der Waals surface area (Å²) in [7, 11) is 0. The van der Waals surface area contributed by atoms with E-state index in [1.807, 2.05) is 24.4 Å². The maximum absolute atomic E-state index is 9.75. The molecule has 124 valence electrons. The van der Waals surface area contributed by atoms with Crippen LogP contribution >= 0.6 is 17.0 Å². The standard InChI is InChI=1S/C17H27N3O.BrH/c1-2-6-15(13-18)9-10-19-11-12-20(17(19)14-21)16-7-4-3-5-8-16;/h3-5,7-8,11-12,15,17,21H,2,6,9-10,13-14,18H2,1H3;1H. The molecule has 2 rings (SSSR count). The highest BCUT2D eigenvalue weighted by Crippen LogP contribution is 2.25. The molecule has 1 aliphatic heterocycles. The van der Waals surface area contributed by atoms with E-state index in [1.165, 1.54) is 12.8 Å². The first kappa shape index (κ1) is 19.0. The minimum Gasteiger partial charge on any atom is -0.392 e. The lowest BCUT2D eigenvalue weighted by atomic mass is 10.00. The molecule has 4 nitrogen and oxygen atoms in total. The molecule has 2 atom stereocenters. The summed E-state index contributed by atoms with van der Waals surface area (Å²) in [6.45, 7) is 4.00. The lowest BCUT2D eigenvalue weighted by molar-refractivity contribution is 0.171. The van der Waals surface area contributed by atoms with Crippen molar-refractivity contribution in [1.82, 2.24) is 4.90 Å². The Morgan fingerprint density at radius 2 is 1.91 bits per heavy atom. The van der Waals surface area contributed by atoms with Crippen LogP contribution in [0.3, 0.4) is 0 Å². The van der Waals surface area contributed by atoms with Crippen LogP contribution in [0.15, 0.2) is 42.7 Å². The van der Waals surface area contributed by atoms with Gasteiger partial charge in [0.2, 0.25) is 0 Å². The van der Waals surface area contributed by atoms with Gasteiger partial charge in [0.05, 0.1) is 6.61 Å². The molecule has 0 bridgehead atoms. The van der Waals surface area contributed by atoms with E-state index < -0.39 is 0 Å². The van der Waals surface area contributed by atoms with Gasteiger partial charge in [0.15, 0.2) is 0 Å². The van der Waals surface area contributed by atoms with Gasteiger partial charge in [-0.25, -0.2) is 0 Å². The predicted molar refractivity (Wildman–Crippen MR) is 98.0 cm³/mol. The molecule has 5 heteroatoms. The number of benzene rings is 1. The normalized spacial score (nSPS) is 18.4. The second-order valence-corrected chi connectivity index (χ2v) is 5.62. The summed E-state index contributed by atoms with van der Waals surface area (Å²) in [6.07, 6.45) is 7.55. The van der Waals surface area contributed by atoms with E-state index in [4.69, 9.17) is 5.73 Å². The van der Waals surface area contributed by atoms with E-state index in [2.05, 4.69) is 35.1 Å². The number of nitrogens with two attached hydrogens (primary N) is 1. The molecule has 1 aromatic carbocycles. The smallest absolute Gasteiger partial charge is 0.129 e. The average Bonchev–Trinajstić information content (AvgIpc) is 2.95. The minimum atomic E-state index is -0.00699. The molecule has 1 aliphatic rings. The van der Waals surface area contributed by atoms with E-state index in [1.54, 1.807) is 0 Å². The number of para-hydroxylation sites is 1. The molecule has 0 amide bonds. The molecular formula is C17H28BrN3O. The van der Waals surface area contributed by atoms with Crippen LogP contribution < -0.4 is 10.6 Å². The molecule has 0 saturated carbocycles.